The van der Waals surface area contributed by atoms with Crippen molar-refractivity contribution in [2.45, 2.75) is 6.92 Å². The Hall–Kier alpha value is -5.23. The predicted octanol–water partition coefficient (Wildman–Crippen LogP) is 4.75. The van der Waals surface area contributed by atoms with Crippen molar-refractivity contribution in [3.05, 3.63) is 85.2 Å². The summed E-state index contributed by atoms with van der Waals surface area (Å²) < 4.78 is 8.11. The molecule has 0 saturated heterocycles. The molecule has 0 radical (unpaired) electrons. The highest BCUT2D eigenvalue weighted by Crippen LogP contribution is 2.30. The van der Waals surface area contributed by atoms with E-state index in [4.69, 9.17) is 4.74 Å². The Morgan fingerprint density at radius 2 is 2.05 bits per heavy atom. The number of aromatic nitrogens is 5. The summed E-state index contributed by atoms with van der Waals surface area (Å²) in [6.07, 6.45) is 6.44. The number of hydrogen-bond acceptors (Lipinski definition) is 7. The first-order valence-corrected chi connectivity index (χ1v) is 11.9. The van der Waals surface area contributed by atoms with E-state index in [1.807, 2.05) is 61.0 Å². The minimum Gasteiger partial charge on any atom is -0.457 e. The Kier molecular flexibility index (Phi) is 6.70. The van der Waals surface area contributed by atoms with Crippen LogP contribution in [0.1, 0.15) is 11.4 Å². The minimum absolute atomic E-state index is 0.199. The van der Waals surface area contributed by atoms with Gasteiger partial charge in [-0.1, -0.05) is 12.5 Å². The number of likely N-dealkylation sites (N-methyl/N-ethyl adjacent to an activating group) is 1. The molecular weight excluding hydrogens is 478 g/mol. The molecule has 2 aromatic carbocycles. The van der Waals surface area contributed by atoms with Crippen molar-refractivity contribution in [3.8, 4) is 23.3 Å². The van der Waals surface area contributed by atoms with Crippen LogP contribution in [0.3, 0.4) is 0 Å². The van der Waals surface area contributed by atoms with Gasteiger partial charge in [-0.15, -0.1) is 0 Å². The first-order valence-electron chi connectivity index (χ1n) is 11.9. The third kappa shape index (κ3) is 5.15. The smallest absolute Gasteiger partial charge is 0.246 e. The zero-order valence-corrected chi connectivity index (χ0v) is 21.3. The van der Waals surface area contributed by atoms with Crippen LogP contribution in [0.5, 0.6) is 11.5 Å². The van der Waals surface area contributed by atoms with Crippen LogP contribution in [-0.4, -0.2) is 48.9 Å². The molecule has 0 bridgehead atoms. The lowest BCUT2D eigenvalue weighted by molar-refractivity contribution is -0.124. The number of carbonyl (C=O) groups excluding carboxylic acids is 1. The molecule has 0 atom stereocenters. The van der Waals surface area contributed by atoms with Crippen molar-refractivity contribution in [1.82, 2.24) is 29.4 Å². The first-order chi connectivity index (χ1) is 18.4. The van der Waals surface area contributed by atoms with Crippen molar-refractivity contribution in [2.24, 2.45) is 7.05 Å². The van der Waals surface area contributed by atoms with E-state index in [2.05, 4.69) is 43.7 Å². The average molecular weight is 504 g/mol. The van der Waals surface area contributed by atoms with Crippen LogP contribution in [0, 0.1) is 18.8 Å². The van der Waals surface area contributed by atoms with Gasteiger partial charge in [0.2, 0.25) is 11.7 Å². The quantitative estimate of drug-likeness (QED) is 0.264. The van der Waals surface area contributed by atoms with Gasteiger partial charge < -0.3 is 19.5 Å². The number of aryl methyl sites for hydroxylation is 2. The summed E-state index contributed by atoms with van der Waals surface area (Å²) in [5, 5.41) is 4.18. The fourth-order valence-electron chi connectivity index (χ4n) is 3.86. The summed E-state index contributed by atoms with van der Waals surface area (Å²) in [7, 11) is 3.62. The van der Waals surface area contributed by atoms with E-state index in [0.717, 1.165) is 39.2 Å². The Morgan fingerprint density at radius 1 is 1.18 bits per heavy atom. The van der Waals surface area contributed by atoms with Gasteiger partial charge in [0.25, 0.3) is 0 Å². The molecule has 0 aliphatic rings. The number of fused-ring (bicyclic) bond motifs is 2. The molecule has 5 aromatic rings. The van der Waals surface area contributed by atoms with Crippen molar-refractivity contribution in [2.75, 3.05) is 18.9 Å². The number of pyridine rings is 1. The molecule has 9 heteroatoms. The van der Waals surface area contributed by atoms with Crippen LogP contribution >= 0.6 is 0 Å². The first kappa shape index (κ1) is 24.5. The van der Waals surface area contributed by atoms with Crippen LogP contribution < -0.4 is 10.1 Å². The van der Waals surface area contributed by atoms with Gasteiger partial charge in [-0.2, -0.15) is 0 Å². The van der Waals surface area contributed by atoms with E-state index in [-0.39, 0.29) is 12.5 Å². The number of nitrogens with one attached hydrogen (secondary N) is 1. The molecule has 0 aliphatic heterocycles. The number of benzene rings is 2. The lowest BCUT2D eigenvalue weighted by atomic mass is 10.2. The molecule has 0 unspecified atom stereocenters. The van der Waals surface area contributed by atoms with Gasteiger partial charge in [0.15, 0.2) is 5.82 Å². The molecule has 0 fully saturated rings. The number of nitrogens with zero attached hydrogens (tertiary/aromatic N) is 6. The van der Waals surface area contributed by atoms with Gasteiger partial charge in [0, 0.05) is 43.6 Å². The molecule has 3 aromatic heterocycles. The molecule has 0 saturated carbocycles. The largest absolute Gasteiger partial charge is 0.457 e. The van der Waals surface area contributed by atoms with Gasteiger partial charge in [-0.25, -0.2) is 19.9 Å². The third-order valence-corrected chi connectivity index (χ3v) is 5.93. The maximum Gasteiger partial charge on any atom is 0.246 e. The normalized spacial score (nSPS) is 10.6. The van der Waals surface area contributed by atoms with E-state index in [1.165, 1.54) is 11.0 Å². The summed E-state index contributed by atoms with van der Waals surface area (Å²) in [5.74, 6) is 8.03. The van der Waals surface area contributed by atoms with Crippen LogP contribution in [0.2, 0.25) is 0 Å². The number of hydrogen-bond donors (Lipinski definition) is 1. The number of imidazole rings is 1. The Balaban J connectivity index is 1.35. The molecule has 188 valence electrons. The molecule has 5 rings (SSSR count). The highest BCUT2D eigenvalue weighted by Gasteiger charge is 2.10. The summed E-state index contributed by atoms with van der Waals surface area (Å²) >= 11 is 0. The Morgan fingerprint density at radius 3 is 2.87 bits per heavy atom. The second kappa shape index (κ2) is 10.4. The summed E-state index contributed by atoms with van der Waals surface area (Å²) in [5.41, 5.74) is 4.36. The van der Waals surface area contributed by atoms with Crippen molar-refractivity contribution in [1.29, 1.82) is 0 Å². The van der Waals surface area contributed by atoms with Gasteiger partial charge >= 0.3 is 0 Å². The maximum atomic E-state index is 11.6. The molecular formula is C29H25N7O2. The van der Waals surface area contributed by atoms with Crippen molar-refractivity contribution < 1.29 is 9.53 Å². The minimum atomic E-state index is -0.199. The fourth-order valence-corrected chi connectivity index (χ4v) is 3.86. The predicted molar refractivity (Wildman–Crippen MR) is 147 cm³/mol. The number of carbonyl (C=O) groups is 1. The van der Waals surface area contributed by atoms with Gasteiger partial charge in [-0.05, 0) is 60.9 Å². The lowest BCUT2D eigenvalue weighted by Crippen LogP contribution is -2.24. The standard InChI is InChI=1S/C29H25N7O2/c1-5-27(37)35(3)14-6-7-26-31-17-20-12-13-30-29(28(20)34-26)33-21-8-11-25(19(2)15-21)38-22-9-10-24-23(16-22)32-18-36(24)4/h5,8-13,15-18H,1,14H2,2-4H3,(H,30,33). The zero-order chi connectivity index (χ0) is 26.6. The van der Waals surface area contributed by atoms with E-state index in [0.29, 0.717) is 17.2 Å². The zero-order valence-electron chi connectivity index (χ0n) is 21.3. The van der Waals surface area contributed by atoms with E-state index in [9.17, 15) is 4.79 Å². The van der Waals surface area contributed by atoms with E-state index >= 15 is 0 Å². The highest BCUT2D eigenvalue weighted by atomic mass is 16.5. The van der Waals surface area contributed by atoms with Crippen molar-refractivity contribution in [3.63, 3.8) is 0 Å². The molecule has 38 heavy (non-hydrogen) atoms. The Bertz CT molecular complexity index is 1750. The molecule has 9 nitrogen and oxygen atoms in total. The molecule has 1 N–H and O–H groups in total. The van der Waals surface area contributed by atoms with Gasteiger partial charge in [0.1, 0.15) is 17.0 Å². The second-order valence-corrected chi connectivity index (χ2v) is 8.70. The van der Waals surface area contributed by atoms with Gasteiger partial charge in [-0.3, -0.25) is 4.79 Å². The van der Waals surface area contributed by atoms with Crippen LogP contribution in [0.25, 0.3) is 21.9 Å². The third-order valence-electron chi connectivity index (χ3n) is 5.93. The van der Waals surface area contributed by atoms with Crippen LogP contribution in [0.15, 0.2) is 73.8 Å². The SMILES string of the molecule is C=CC(=O)N(C)CC#Cc1ncc2ccnc(Nc3ccc(Oc4ccc5c(c4)ncn5C)c(C)c3)c2n1. The maximum absolute atomic E-state index is 11.6. The molecule has 3 heterocycles. The number of ether oxygens (including phenoxy) is 1. The molecule has 0 aliphatic carbocycles. The van der Waals surface area contributed by atoms with Gasteiger partial charge in [0.05, 0.1) is 23.9 Å². The lowest BCUT2D eigenvalue weighted by Gasteiger charge is -2.12. The summed E-state index contributed by atoms with van der Waals surface area (Å²) in [4.78, 5) is 30.9. The van der Waals surface area contributed by atoms with Crippen molar-refractivity contribution >= 4 is 39.3 Å². The monoisotopic (exact) mass is 503 g/mol. The summed E-state index contributed by atoms with van der Waals surface area (Å²) in [6.45, 7) is 5.71. The number of amides is 1. The average Bonchev–Trinajstić information content (AvgIpc) is 3.29. The highest BCUT2D eigenvalue weighted by molar-refractivity contribution is 5.89. The molecule has 0 spiro atoms. The van der Waals surface area contributed by atoms with E-state index in [1.54, 1.807) is 25.8 Å². The second-order valence-electron chi connectivity index (χ2n) is 8.70. The Labute approximate surface area is 219 Å². The van der Waals surface area contributed by atoms with Crippen LogP contribution in [-0.2, 0) is 11.8 Å². The number of anilines is 2. The topological polar surface area (TPSA) is 98.1 Å². The molecule has 1 amide bonds. The van der Waals surface area contributed by atoms with E-state index < -0.39 is 0 Å². The fraction of sp³-hybridized carbons (Fsp3) is 0.138. The number of rotatable bonds is 6. The van der Waals surface area contributed by atoms with Crippen LogP contribution in [0.4, 0.5) is 11.5 Å². The summed E-state index contributed by atoms with van der Waals surface area (Å²) in [6, 6.07) is 13.5.